The smallest absolute Gasteiger partial charge is 0.369 e. The van der Waals surface area contributed by atoms with Crippen molar-refractivity contribution in [1.82, 2.24) is 0 Å². The highest BCUT2D eigenvalue weighted by Gasteiger charge is 2.57. The molecule has 16 heavy (non-hydrogen) atoms. The van der Waals surface area contributed by atoms with Crippen LogP contribution in [0.4, 0.5) is 22.0 Å². The van der Waals surface area contributed by atoms with Gasteiger partial charge in [0.15, 0.2) is 0 Å². The Labute approximate surface area is 86.8 Å². The first-order chi connectivity index (χ1) is 6.99. The fraction of sp³-hybridized carbons (Fsp3) is 0.714. The molecule has 0 heterocycles. The summed E-state index contributed by atoms with van der Waals surface area (Å²) in [5, 5.41) is 0. The standard InChI is InChI=1S/C7H9F5N2O2/c8-6(9,7(10,11)12)2-1-3(4(13)15)5(14)16/h3H,1-2H2,(H2,13,15)(H2,14,16). The van der Waals surface area contributed by atoms with Crippen molar-refractivity contribution in [2.75, 3.05) is 0 Å². The van der Waals surface area contributed by atoms with Gasteiger partial charge in [-0.05, 0) is 6.42 Å². The van der Waals surface area contributed by atoms with Crippen LogP contribution in [0.2, 0.25) is 0 Å². The molecule has 0 radical (unpaired) electrons. The third kappa shape index (κ3) is 3.63. The summed E-state index contributed by atoms with van der Waals surface area (Å²) in [5.74, 6) is -9.46. The number of carbonyl (C=O) groups excluding carboxylic acids is 2. The predicted octanol–water partition coefficient (Wildman–Crippen LogP) is 0.551. The second-order valence-corrected chi connectivity index (χ2v) is 3.10. The van der Waals surface area contributed by atoms with Crippen molar-refractivity contribution in [3.05, 3.63) is 0 Å². The zero-order valence-corrected chi connectivity index (χ0v) is 7.85. The minimum Gasteiger partial charge on any atom is -0.369 e. The molecule has 0 aromatic carbocycles. The van der Waals surface area contributed by atoms with Crippen LogP contribution in [0.1, 0.15) is 12.8 Å². The van der Waals surface area contributed by atoms with E-state index in [-0.39, 0.29) is 0 Å². The summed E-state index contributed by atoms with van der Waals surface area (Å²) in [4.78, 5) is 21.0. The second-order valence-electron chi connectivity index (χ2n) is 3.10. The number of hydrogen-bond acceptors (Lipinski definition) is 2. The van der Waals surface area contributed by atoms with Crippen LogP contribution in [-0.2, 0) is 9.59 Å². The van der Waals surface area contributed by atoms with Gasteiger partial charge in [-0.25, -0.2) is 0 Å². The van der Waals surface area contributed by atoms with Gasteiger partial charge in [0.1, 0.15) is 5.92 Å². The molecule has 0 aromatic heterocycles. The predicted molar refractivity (Wildman–Crippen MR) is 42.1 cm³/mol. The van der Waals surface area contributed by atoms with Crippen LogP contribution < -0.4 is 11.5 Å². The van der Waals surface area contributed by atoms with Crippen molar-refractivity contribution in [2.24, 2.45) is 17.4 Å². The van der Waals surface area contributed by atoms with Crippen molar-refractivity contribution >= 4 is 11.8 Å². The molecule has 0 rings (SSSR count). The maximum atomic E-state index is 12.4. The van der Waals surface area contributed by atoms with Gasteiger partial charge in [-0.15, -0.1) is 0 Å². The van der Waals surface area contributed by atoms with E-state index in [1.54, 1.807) is 0 Å². The average molecular weight is 248 g/mol. The third-order valence-corrected chi connectivity index (χ3v) is 1.85. The first kappa shape index (κ1) is 14.6. The van der Waals surface area contributed by atoms with Crippen LogP contribution >= 0.6 is 0 Å². The van der Waals surface area contributed by atoms with Gasteiger partial charge < -0.3 is 11.5 Å². The zero-order chi connectivity index (χ0) is 13.1. The van der Waals surface area contributed by atoms with Crippen LogP contribution in [0.3, 0.4) is 0 Å². The van der Waals surface area contributed by atoms with Crippen molar-refractivity contribution in [3.63, 3.8) is 0 Å². The van der Waals surface area contributed by atoms with Crippen molar-refractivity contribution in [3.8, 4) is 0 Å². The highest BCUT2D eigenvalue weighted by atomic mass is 19.4. The zero-order valence-electron chi connectivity index (χ0n) is 7.85. The summed E-state index contributed by atoms with van der Waals surface area (Å²) in [6.07, 6.45) is -8.49. The van der Waals surface area contributed by atoms with Crippen LogP contribution in [0.25, 0.3) is 0 Å². The molecule has 0 aliphatic rings. The molecular formula is C7H9F5N2O2. The quantitative estimate of drug-likeness (QED) is 0.550. The largest absolute Gasteiger partial charge is 0.453 e. The normalized spacial score (nSPS) is 12.9. The fourth-order valence-electron chi connectivity index (χ4n) is 0.892. The Morgan fingerprint density at radius 1 is 1.00 bits per heavy atom. The fourth-order valence-corrected chi connectivity index (χ4v) is 0.892. The van der Waals surface area contributed by atoms with Gasteiger partial charge in [0.05, 0.1) is 0 Å². The number of hydrogen-bond donors (Lipinski definition) is 2. The van der Waals surface area contributed by atoms with E-state index >= 15 is 0 Å². The number of primary amides is 2. The number of carbonyl (C=O) groups is 2. The molecule has 2 amide bonds. The minimum atomic E-state index is -5.73. The average Bonchev–Trinajstić information content (AvgIpc) is 1.99. The Hall–Kier alpha value is -1.41. The minimum absolute atomic E-state index is 1.04. The number of alkyl halides is 5. The number of halogens is 5. The van der Waals surface area contributed by atoms with Crippen molar-refractivity contribution in [1.29, 1.82) is 0 Å². The molecule has 0 aromatic rings. The van der Waals surface area contributed by atoms with Crippen molar-refractivity contribution < 1.29 is 31.5 Å². The summed E-state index contributed by atoms with van der Waals surface area (Å²) >= 11 is 0. The second kappa shape index (κ2) is 4.62. The maximum absolute atomic E-state index is 12.4. The SMILES string of the molecule is NC(=O)C(CCC(F)(F)C(F)(F)F)C(N)=O. The Kier molecular flexibility index (Phi) is 4.21. The summed E-state index contributed by atoms with van der Waals surface area (Å²) in [6, 6.07) is 0. The highest BCUT2D eigenvalue weighted by molar-refractivity contribution is 5.98. The van der Waals surface area contributed by atoms with E-state index in [0.717, 1.165) is 0 Å². The van der Waals surface area contributed by atoms with E-state index in [9.17, 15) is 31.5 Å². The van der Waals surface area contributed by atoms with Gasteiger partial charge in [0.25, 0.3) is 0 Å². The number of rotatable bonds is 5. The molecule has 94 valence electrons. The molecule has 0 aliphatic heterocycles. The molecule has 0 bridgehead atoms. The molecule has 0 unspecified atom stereocenters. The summed E-state index contributed by atoms with van der Waals surface area (Å²) < 4.78 is 59.9. The lowest BCUT2D eigenvalue weighted by atomic mass is 9.99. The van der Waals surface area contributed by atoms with Gasteiger partial charge in [0, 0.05) is 6.42 Å². The van der Waals surface area contributed by atoms with Gasteiger partial charge in [-0.2, -0.15) is 22.0 Å². The number of amides is 2. The Morgan fingerprint density at radius 3 is 1.62 bits per heavy atom. The molecule has 0 saturated carbocycles. The van der Waals surface area contributed by atoms with Crippen LogP contribution in [0.15, 0.2) is 0 Å². The van der Waals surface area contributed by atoms with Crippen LogP contribution in [0, 0.1) is 5.92 Å². The van der Waals surface area contributed by atoms with E-state index < -0.39 is 42.7 Å². The van der Waals surface area contributed by atoms with Gasteiger partial charge in [-0.3, -0.25) is 9.59 Å². The molecule has 4 N–H and O–H groups in total. The molecule has 0 fully saturated rings. The third-order valence-electron chi connectivity index (χ3n) is 1.85. The summed E-state index contributed by atoms with van der Waals surface area (Å²) in [7, 11) is 0. The Bertz CT molecular complexity index is 275. The maximum Gasteiger partial charge on any atom is 0.453 e. The molecule has 4 nitrogen and oxygen atoms in total. The van der Waals surface area contributed by atoms with Gasteiger partial charge >= 0.3 is 12.1 Å². The monoisotopic (exact) mass is 248 g/mol. The van der Waals surface area contributed by atoms with Crippen molar-refractivity contribution in [2.45, 2.75) is 24.9 Å². The summed E-state index contributed by atoms with van der Waals surface area (Å²) in [5.41, 5.74) is 9.22. The van der Waals surface area contributed by atoms with E-state index in [4.69, 9.17) is 0 Å². The highest BCUT2D eigenvalue weighted by Crippen LogP contribution is 2.39. The lowest BCUT2D eigenvalue weighted by Gasteiger charge is -2.20. The van der Waals surface area contributed by atoms with Gasteiger partial charge in [-0.1, -0.05) is 0 Å². The van der Waals surface area contributed by atoms with E-state index in [1.165, 1.54) is 0 Å². The number of nitrogens with two attached hydrogens (primary N) is 2. The first-order valence-electron chi connectivity index (χ1n) is 4.02. The molecule has 0 aliphatic carbocycles. The Balaban J connectivity index is 4.54. The molecule has 0 spiro atoms. The molecule has 9 heteroatoms. The topological polar surface area (TPSA) is 86.2 Å². The van der Waals surface area contributed by atoms with Crippen LogP contribution in [-0.4, -0.2) is 23.9 Å². The lowest BCUT2D eigenvalue weighted by Crippen LogP contribution is -2.40. The molecule has 0 saturated heterocycles. The Morgan fingerprint density at radius 2 is 1.38 bits per heavy atom. The van der Waals surface area contributed by atoms with E-state index in [2.05, 4.69) is 11.5 Å². The van der Waals surface area contributed by atoms with E-state index in [1.807, 2.05) is 0 Å². The first-order valence-corrected chi connectivity index (χ1v) is 4.02. The van der Waals surface area contributed by atoms with E-state index in [0.29, 0.717) is 0 Å². The molecule has 0 atom stereocenters. The van der Waals surface area contributed by atoms with Gasteiger partial charge in [0.2, 0.25) is 11.8 Å². The van der Waals surface area contributed by atoms with Crippen LogP contribution in [0.5, 0.6) is 0 Å². The lowest BCUT2D eigenvalue weighted by molar-refractivity contribution is -0.285. The summed E-state index contributed by atoms with van der Waals surface area (Å²) in [6.45, 7) is 0. The molecular weight excluding hydrogens is 239 g/mol.